The maximum Gasteiger partial charge on any atom is 0.331 e. The van der Waals surface area contributed by atoms with Gasteiger partial charge in [-0.1, -0.05) is 48.5 Å². The summed E-state index contributed by atoms with van der Waals surface area (Å²) in [6.45, 7) is -0.0359. The minimum Gasteiger partial charge on any atom is -0.468 e. The highest BCUT2D eigenvalue weighted by Gasteiger charge is 2.47. The quantitative estimate of drug-likeness (QED) is 0.346. The SMILES string of the molecule is COC(=O)C1SC(C[C@@H](O)[C@H](NC(=O)c2ccccc2)C(=O)OCc2ccccc2)SC1C(=O)OC. The molecular weight excluding hydrogens is 506 g/mol. The Morgan fingerprint density at radius 2 is 1.42 bits per heavy atom. The molecule has 1 fully saturated rings. The molecule has 2 aromatic carbocycles. The molecule has 0 saturated carbocycles. The van der Waals surface area contributed by atoms with Gasteiger partial charge in [0.15, 0.2) is 6.04 Å². The molecule has 2 N–H and O–H groups in total. The summed E-state index contributed by atoms with van der Waals surface area (Å²) < 4.78 is 14.5. The molecule has 2 unspecified atom stereocenters. The van der Waals surface area contributed by atoms with Gasteiger partial charge in [0.1, 0.15) is 17.1 Å². The molecule has 36 heavy (non-hydrogen) atoms. The van der Waals surface area contributed by atoms with Gasteiger partial charge in [0.2, 0.25) is 0 Å². The number of hydrogen-bond acceptors (Lipinski definition) is 10. The van der Waals surface area contributed by atoms with E-state index < -0.39 is 51.0 Å². The van der Waals surface area contributed by atoms with Crippen molar-refractivity contribution in [2.45, 2.75) is 40.3 Å². The minimum absolute atomic E-state index is 0.0174. The van der Waals surface area contributed by atoms with E-state index in [4.69, 9.17) is 14.2 Å². The Kier molecular flexibility index (Phi) is 10.2. The molecule has 9 nitrogen and oxygen atoms in total. The van der Waals surface area contributed by atoms with Crippen LogP contribution in [0.1, 0.15) is 22.3 Å². The Morgan fingerprint density at radius 1 is 0.889 bits per heavy atom. The molecule has 2 aromatic rings. The predicted octanol–water partition coefficient (Wildman–Crippen LogP) is 2.17. The highest BCUT2D eigenvalue weighted by Crippen LogP contribution is 2.46. The average Bonchev–Trinajstić information content (AvgIpc) is 3.33. The molecule has 0 bridgehead atoms. The summed E-state index contributed by atoms with van der Waals surface area (Å²) in [6, 6.07) is 15.9. The fourth-order valence-corrected chi connectivity index (χ4v) is 7.03. The fraction of sp³-hybridized carbons (Fsp3) is 0.360. The Bertz CT molecular complexity index is 1030. The van der Waals surface area contributed by atoms with E-state index in [9.17, 15) is 24.3 Å². The van der Waals surface area contributed by atoms with Gasteiger partial charge in [-0.15, -0.1) is 23.5 Å². The van der Waals surface area contributed by atoms with Crippen LogP contribution < -0.4 is 5.32 Å². The summed E-state index contributed by atoms with van der Waals surface area (Å²) in [7, 11) is 2.45. The van der Waals surface area contributed by atoms with Gasteiger partial charge in [0.05, 0.1) is 24.9 Å². The molecule has 1 saturated heterocycles. The van der Waals surface area contributed by atoms with Crippen molar-refractivity contribution in [3.8, 4) is 0 Å². The average molecular weight is 534 g/mol. The van der Waals surface area contributed by atoms with Gasteiger partial charge in [0, 0.05) is 5.56 Å². The first-order chi connectivity index (χ1) is 17.3. The summed E-state index contributed by atoms with van der Waals surface area (Å²) in [5.74, 6) is -2.53. The van der Waals surface area contributed by atoms with E-state index in [2.05, 4.69) is 5.32 Å². The molecular formula is C25H27NO8S2. The minimum atomic E-state index is -1.38. The third kappa shape index (κ3) is 7.25. The lowest BCUT2D eigenvalue weighted by molar-refractivity contribution is -0.150. The molecule has 1 aliphatic heterocycles. The van der Waals surface area contributed by atoms with Crippen molar-refractivity contribution < 1.29 is 38.5 Å². The largest absolute Gasteiger partial charge is 0.468 e. The van der Waals surface area contributed by atoms with Crippen LogP contribution in [-0.4, -0.2) is 70.4 Å². The summed E-state index contributed by atoms with van der Waals surface area (Å²) in [4.78, 5) is 50.1. The van der Waals surface area contributed by atoms with E-state index in [-0.39, 0.29) is 13.0 Å². The molecule has 0 radical (unpaired) electrons. The summed E-state index contributed by atoms with van der Waals surface area (Å²) >= 11 is 2.28. The summed E-state index contributed by atoms with van der Waals surface area (Å²) in [5, 5.41) is 11.9. The number of hydrogen-bond donors (Lipinski definition) is 2. The molecule has 1 aliphatic rings. The smallest absolute Gasteiger partial charge is 0.331 e. The lowest BCUT2D eigenvalue weighted by atomic mass is 10.1. The molecule has 3 rings (SSSR count). The van der Waals surface area contributed by atoms with Crippen molar-refractivity contribution in [3.63, 3.8) is 0 Å². The third-order valence-electron chi connectivity index (χ3n) is 5.36. The first-order valence-corrected chi connectivity index (χ1v) is 12.9. The van der Waals surface area contributed by atoms with Gasteiger partial charge in [-0.2, -0.15) is 0 Å². The monoisotopic (exact) mass is 533 g/mol. The van der Waals surface area contributed by atoms with E-state index in [0.29, 0.717) is 5.56 Å². The second kappa shape index (κ2) is 13.3. The number of rotatable bonds is 10. The van der Waals surface area contributed by atoms with Gasteiger partial charge < -0.3 is 24.6 Å². The van der Waals surface area contributed by atoms with Crippen molar-refractivity contribution in [3.05, 3.63) is 71.8 Å². The standard InChI is InChI=1S/C25H27NO8S2/c1-32-24(30)20-21(25(31)33-2)36-18(35-20)13-17(27)19(26-22(28)16-11-7-4-8-12-16)23(29)34-14-15-9-5-3-6-10-15/h3-12,17-21,27H,13-14H2,1-2H3,(H,26,28)/t17-,18?,19+,20?,21?/m1/s1. The molecule has 1 heterocycles. The topological polar surface area (TPSA) is 128 Å². The highest BCUT2D eigenvalue weighted by atomic mass is 32.2. The first-order valence-electron chi connectivity index (χ1n) is 11.0. The zero-order chi connectivity index (χ0) is 26.1. The van der Waals surface area contributed by atoms with E-state index in [1.807, 2.05) is 6.07 Å². The number of aliphatic hydroxyl groups is 1. The van der Waals surface area contributed by atoms with Crippen LogP contribution >= 0.6 is 23.5 Å². The van der Waals surface area contributed by atoms with Crippen molar-refractivity contribution in [1.82, 2.24) is 5.32 Å². The molecule has 1 amide bonds. The fourth-order valence-electron chi connectivity index (χ4n) is 3.48. The van der Waals surface area contributed by atoms with Crippen LogP contribution in [0, 0.1) is 0 Å². The molecule has 4 atom stereocenters. The number of aliphatic hydroxyl groups excluding tert-OH is 1. The normalized spacial score (nSPS) is 20.6. The van der Waals surface area contributed by atoms with Crippen LogP contribution in [0.25, 0.3) is 0 Å². The number of amides is 1. The van der Waals surface area contributed by atoms with E-state index >= 15 is 0 Å². The second-order valence-corrected chi connectivity index (χ2v) is 10.8. The first kappa shape index (κ1) is 27.6. The van der Waals surface area contributed by atoms with Gasteiger partial charge in [-0.3, -0.25) is 14.4 Å². The number of esters is 3. The second-order valence-electron chi connectivity index (χ2n) is 7.80. The Morgan fingerprint density at radius 3 is 1.94 bits per heavy atom. The zero-order valence-electron chi connectivity index (χ0n) is 19.7. The zero-order valence-corrected chi connectivity index (χ0v) is 21.3. The number of carbonyl (C=O) groups excluding carboxylic acids is 4. The van der Waals surface area contributed by atoms with Gasteiger partial charge >= 0.3 is 17.9 Å². The lowest BCUT2D eigenvalue weighted by Crippen LogP contribution is -2.50. The Balaban J connectivity index is 1.73. The number of carbonyl (C=O) groups is 4. The van der Waals surface area contributed by atoms with Crippen molar-refractivity contribution in [2.75, 3.05) is 14.2 Å². The molecule has 192 valence electrons. The van der Waals surface area contributed by atoms with Gasteiger partial charge in [0.25, 0.3) is 5.91 Å². The van der Waals surface area contributed by atoms with E-state index in [0.717, 1.165) is 29.1 Å². The number of benzene rings is 2. The number of methoxy groups -OCH3 is 2. The van der Waals surface area contributed by atoms with Crippen LogP contribution in [-0.2, 0) is 35.2 Å². The van der Waals surface area contributed by atoms with Gasteiger partial charge in [-0.25, -0.2) is 4.79 Å². The third-order valence-corrected chi connectivity index (χ3v) is 8.70. The highest BCUT2D eigenvalue weighted by molar-refractivity contribution is 8.21. The lowest BCUT2D eigenvalue weighted by Gasteiger charge is -2.24. The summed E-state index contributed by atoms with van der Waals surface area (Å²) in [5.41, 5.74) is 1.06. The summed E-state index contributed by atoms with van der Waals surface area (Å²) in [6.07, 6.45) is -1.38. The predicted molar refractivity (Wildman–Crippen MR) is 135 cm³/mol. The maximum atomic E-state index is 13.0. The number of ether oxygens (including phenoxy) is 3. The molecule has 0 aromatic heterocycles. The van der Waals surface area contributed by atoms with Crippen LogP contribution in [0.3, 0.4) is 0 Å². The number of thioether (sulfide) groups is 2. The Labute approximate surface area is 217 Å². The van der Waals surface area contributed by atoms with Crippen LogP contribution in [0.5, 0.6) is 0 Å². The van der Waals surface area contributed by atoms with Crippen LogP contribution in [0.2, 0.25) is 0 Å². The van der Waals surface area contributed by atoms with E-state index in [1.165, 1.54) is 14.2 Å². The van der Waals surface area contributed by atoms with Gasteiger partial charge in [-0.05, 0) is 24.1 Å². The number of nitrogens with one attached hydrogen (secondary N) is 1. The molecule has 0 spiro atoms. The van der Waals surface area contributed by atoms with Crippen molar-refractivity contribution in [2.24, 2.45) is 0 Å². The van der Waals surface area contributed by atoms with E-state index in [1.54, 1.807) is 54.6 Å². The van der Waals surface area contributed by atoms with Crippen molar-refractivity contribution >= 4 is 47.3 Å². The molecule has 11 heteroatoms. The Hall–Kier alpha value is -3.02. The van der Waals surface area contributed by atoms with Crippen LogP contribution in [0.4, 0.5) is 0 Å². The molecule has 0 aliphatic carbocycles. The van der Waals surface area contributed by atoms with Crippen molar-refractivity contribution in [1.29, 1.82) is 0 Å². The van der Waals surface area contributed by atoms with Crippen LogP contribution in [0.15, 0.2) is 60.7 Å². The maximum absolute atomic E-state index is 13.0.